The van der Waals surface area contributed by atoms with Crippen LogP contribution in [0.15, 0.2) is 28.7 Å². The zero-order valence-corrected chi connectivity index (χ0v) is 10.7. The quantitative estimate of drug-likeness (QED) is 0.695. The van der Waals surface area contributed by atoms with E-state index in [0.29, 0.717) is 12.2 Å². The highest BCUT2D eigenvalue weighted by Crippen LogP contribution is 2.33. The third kappa shape index (κ3) is 2.07. The smallest absolute Gasteiger partial charge is 0.143 e. The molecule has 1 atom stereocenters. The number of aryl methyl sites for hydroxylation is 1. The fraction of sp³-hybridized carbons (Fsp3) is 0.438. The number of rotatable bonds is 1. The zero-order chi connectivity index (χ0) is 12.5. The Morgan fingerprint density at radius 1 is 1.17 bits per heavy atom. The second kappa shape index (κ2) is 4.60. The number of carbonyl (C=O) groups excluding carboxylic acids is 1. The Balaban J connectivity index is 1.99. The van der Waals surface area contributed by atoms with Crippen molar-refractivity contribution in [3.8, 4) is 0 Å². The summed E-state index contributed by atoms with van der Waals surface area (Å²) in [5.74, 6) is 1.20. The number of Topliss-reactive ketones (excluding diaryl/α,β-unsaturated/α-hetero) is 1. The molecule has 1 aliphatic rings. The average Bonchev–Trinajstić information content (AvgIpc) is 2.63. The van der Waals surface area contributed by atoms with Gasteiger partial charge in [-0.3, -0.25) is 4.79 Å². The Labute approximate surface area is 107 Å². The van der Waals surface area contributed by atoms with Gasteiger partial charge in [0.15, 0.2) is 0 Å². The molecule has 0 N–H and O–H groups in total. The van der Waals surface area contributed by atoms with E-state index >= 15 is 0 Å². The first-order chi connectivity index (χ1) is 8.74. The molecule has 0 amide bonds. The molecule has 2 nitrogen and oxygen atoms in total. The van der Waals surface area contributed by atoms with Gasteiger partial charge >= 0.3 is 0 Å². The lowest BCUT2D eigenvalue weighted by Crippen LogP contribution is -2.09. The zero-order valence-electron chi connectivity index (χ0n) is 10.7. The van der Waals surface area contributed by atoms with Gasteiger partial charge in [0.2, 0.25) is 0 Å². The second-order valence-corrected chi connectivity index (χ2v) is 5.31. The number of benzene rings is 1. The summed E-state index contributed by atoms with van der Waals surface area (Å²) >= 11 is 0. The summed E-state index contributed by atoms with van der Waals surface area (Å²) in [7, 11) is 0. The summed E-state index contributed by atoms with van der Waals surface area (Å²) in [5, 5.41) is 1.11. The lowest BCUT2D eigenvalue weighted by atomic mass is 9.96. The van der Waals surface area contributed by atoms with E-state index in [2.05, 4.69) is 19.1 Å². The molecule has 1 fully saturated rings. The van der Waals surface area contributed by atoms with Crippen molar-refractivity contribution in [1.29, 1.82) is 0 Å². The van der Waals surface area contributed by atoms with Crippen molar-refractivity contribution < 1.29 is 9.21 Å². The molecule has 1 aliphatic carbocycles. The molecule has 94 valence electrons. The number of furan rings is 1. The van der Waals surface area contributed by atoms with E-state index in [4.69, 9.17) is 4.42 Å². The third-order valence-electron chi connectivity index (χ3n) is 3.84. The van der Waals surface area contributed by atoms with Crippen LogP contribution in [0.25, 0.3) is 11.0 Å². The lowest BCUT2D eigenvalue weighted by Gasteiger charge is -2.08. The summed E-state index contributed by atoms with van der Waals surface area (Å²) in [6, 6.07) is 8.21. The summed E-state index contributed by atoms with van der Waals surface area (Å²) in [6.07, 6.45) is 4.99. The Hall–Kier alpha value is -1.57. The van der Waals surface area contributed by atoms with E-state index in [1.54, 1.807) is 0 Å². The molecule has 2 aromatic rings. The highest BCUT2D eigenvalue weighted by atomic mass is 16.3. The topological polar surface area (TPSA) is 30.2 Å². The minimum atomic E-state index is -0.0137. The number of fused-ring (bicyclic) bond motifs is 1. The second-order valence-electron chi connectivity index (χ2n) is 5.31. The van der Waals surface area contributed by atoms with Gasteiger partial charge in [0.25, 0.3) is 0 Å². The van der Waals surface area contributed by atoms with Gasteiger partial charge in [0.1, 0.15) is 17.1 Å². The number of ketones is 1. The van der Waals surface area contributed by atoms with E-state index in [9.17, 15) is 4.79 Å². The maximum absolute atomic E-state index is 12.1. The molecule has 0 radical (unpaired) electrons. The van der Waals surface area contributed by atoms with E-state index in [0.717, 1.165) is 36.0 Å². The van der Waals surface area contributed by atoms with Crippen molar-refractivity contribution in [1.82, 2.24) is 0 Å². The van der Waals surface area contributed by atoms with Crippen LogP contribution in [-0.2, 0) is 4.79 Å². The van der Waals surface area contributed by atoms with E-state index in [1.807, 2.05) is 12.1 Å². The fourth-order valence-corrected chi connectivity index (χ4v) is 2.82. The van der Waals surface area contributed by atoms with Gasteiger partial charge < -0.3 is 4.42 Å². The average molecular weight is 242 g/mol. The van der Waals surface area contributed by atoms with Gasteiger partial charge in [-0.05, 0) is 38.0 Å². The molecule has 1 unspecified atom stereocenters. The number of hydrogen-bond acceptors (Lipinski definition) is 2. The van der Waals surface area contributed by atoms with Crippen LogP contribution in [0.1, 0.15) is 49.3 Å². The molecule has 0 spiro atoms. The molecule has 1 heterocycles. The van der Waals surface area contributed by atoms with Crippen LogP contribution in [0, 0.1) is 6.92 Å². The van der Waals surface area contributed by atoms with Crippen LogP contribution in [0.3, 0.4) is 0 Å². The maximum atomic E-state index is 12.1. The third-order valence-corrected chi connectivity index (χ3v) is 3.84. The standard InChI is InChI=1S/C16H18O2/c1-11-7-8-15-12(9-11)10-16(18-15)13-5-3-2-4-6-14(13)17/h7-10,13H,2-6H2,1H3. The van der Waals surface area contributed by atoms with Crippen LogP contribution < -0.4 is 0 Å². The molecular formula is C16H18O2. The first-order valence-corrected chi connectivity index (χ1v) is 6.77. The van der Waals surface area contributed by atoms with Crippen LogP contribution in [0.2, 0.25) is 0 Å². The van der Waals surface area contributed by atoms with E-state index in [1.165, 1.54) is 12.0 Å². The van der Waals surface area contributed by atoms with Crippen molar-refractivity contribution in [2.75, 3.05) is 0 Å². The molecule has 0 saturated heterocycles. The molecule has 0 aliphatic heterocycles. The normalized spacial score (nSPS) is 21.2. The summed E-state index contributed by atoms with van der Waals surface area (Å²) in [6.45, 7) is 2.07. The summed E-state index contributed by atoms with van der Waals surface area (Å²) < 4.78 is 5.87. The van der Waals surface area contributed by atoms with Crippen LogP contribution >= 0.6 is 0 Å². The number of hydrogen-bond donors (Lipinski definition) is 0. The first-order valence-electron chi connectivity index (χ1n) is 6.77. The fourth-order valence-electron chi connectivity index (χ4n) is 2.82. The highest BCUT2D eigenvalue weighted by molar-refractivity contribution is 5.87. The van der Waals surface area contributed by atoms with Crippen LogP contribution in [0.4, 0.5) is 0 Å². The van der Waals surface area contributed by atoms with Gasteiger partial charge in [-0.15, -0.1) is 0 Å². The predicted octanol–water partition coefficient (Wildman–Crippen LogP) is 4.36. The van der Waals surface area contributed by atoms with Gasteiger partial charge in [-0.25, -0.2) is 0 Å². The molecule has 0 bridgehead atoms. The maximum Gasteiger partial charge on any atom is 0.143 e. The largest absolute Gasteiger partial charge is 0.460 e. The minimum absolute atomic E-state index is 0.0137. The van der Waals surface area contributed by atoms with Crippen molar-refractivity contribution in [3.63, 3.8) is 0 Å². The summed E-state index contributed by atoms with van der Waals surface area (Å²) in [4.78, 5) is 12.1. The van der Waals surface area contributed by atoms with Crippen molar-refractivity contribution in [2.45, 2.75) is 44.9 Å². The highest BCUT2D eigenvalue weighted by Gasteiger charge is 2.25. The molecule has 2 heteroatoms. The van der Waals surface area contributed by atoms with E-state index < -0.39 is 0 Å². The monoisotopic (exact) mass is 242 g/mol. The van der Waals surface area contributed by atoms with E-state index in [-0.39, 0.29) is 5.92 Å². The lowest BCUT2D eigenvalue weighted by molar-refractivity contribution is -0.120. The summed E-state index contributed by atoms with van der Waals surface area (Å²) in [5.41, 5.74) is 2.12. The molecule has 1 aromatic heterocycles. The molecule has 1 saturated carbocycles. The predicted molar refractivity (Wildman–Crippen MR) is 71.8 cm³/mol. The van der Waals surface area contributed by atoms with Gasteiger partial charge in [0, 0.05) is 11.8 Å². The van der Waals surface area contributed by atoms with Crippen molar-refractivity contribution >= 4 is 16.8 Å². The Morgan fingerprint density at radius 2 is 2.06 bits per heavy atom. The van der Waals surface area contributed by atoms with Crippen LogP contribution in [0.5, 0.6) is 0 Å². The number of carbonyl (C=O) groups is 1. The van der Waals surface area contributed by atoms with Gasteiger partial charge in [0.05, 0.1) is 5.92 Å². The molecule has 1 aromatic carbocycles. The van der Waals surface area contributed by atoms with Crippen molar-refractivity contribution in [3.05, 3.63) is 35.6 Å². The first kappa shape index (κ1) is 11.5. The molecular weight excluding hydrogens is 224 g/mol. The Morgan fingerprint density at radius 3 is 2.94 bits per heavy atom. The Bertz CT molecular complexity index is 580. The van der Waals surface area contributed by atoms with Gasteiger partial charge in [-0.1, -0.05) is 24.5 Å². The van der Waals surface area contributed by atoms with Crippen molar-refractivity contribution in [2.24, 2.45) is 0 Å². The van der Waals surface area contributed by atoms with Gasteiger partial charge in [-0.2, -0.15) is 0 Å². The SMILES string of the molecule is Cc1ccc2oc(C3CCCCCC3=O)cc2c1. The van der Waals surface area contributed by atoms with Crippen LogP contribution in [-0.4, -0.2) is 5.78 Å². The Kier molecular flexibility index (Phi) is 2.94. The molecule has 3 rings (SSSR count). The molecule has 18 heavy (non-hydrogen) atoms. The minimum Gasteiger partial charge on any atom is -0.460 e.